The molecule has 0 aliphatic heterocycles. The van der Waals surface area contributed by atoms with Gasteiger partial charge in [-0.05, 0) is 19.1 Å². The summed E-state index contributed by atoms with van der Waals surface area (Å²) in [5.41, 5.74) is 2.14. The molecule has 0 amide bonds. The van der Waals surface area contributed by atoms with Gasteiger partial charge in [-0.15, -0.1) is 0 Å². The van der Waals surface area contributed by atoms with E-state index < -0.39 is 5.82 Å². The number of halogens is 1. The van der Waals surface area contributed by atoms with E-state index in [4.69, 9.17) is 0 Å². The Labute approximate surface area is 114 Å². The van der Waals surface area contributed by atoms with Gasteiger partial charge in [0, 0.05) is 24.4 Å². The van der Waals surface area contributed by atoms with Crippen molar-refractivity contribution in [3.63, 3.8) is 0 Å². The van der Waals surface area contributed by atoms with E-state index in [-0.39, 0.29) is 5.56 Å². The van der Waals surface area contributed by atoms with Crippen LogP contribution in [0.25, 0.3) is 10.9 Å². The largest absolute Gasteiger partial charge is 0.294 e. The predicted molar refractivity (Wildman–Crippen MR) is 73.0 cm³/mol. The Morgan fingerprint density at radius 1 is 1.35 bits per heavy atom. The molecule has 20 heavy (non-hydrogen) atoms. The Balaban J connectivity index is 2.09. The van der Waals surface area contributed by atoms with Crippen LogP contribution in [0.3, 0.4) is 0 Å². The normalized spacial score (nSPS) is 11.2. The molecule has 0 atom stereocenters. The summed E-state index contributed by atoms with van der Waals surface area (Å²) in [5.74, 6) is -0.398. The first kappa shape index (κ1) is 12.5. The second-order valence-electron chi connectivity index (χ2n) is 4.72. The van der Waals surface area contributed by atoms with E-state index in [1.54, 1.807) is 10.9 Å². The molecule has 6 heteroatoms. The lowest BCUT2D eigenvalue weighted by atomic mass is 10.2. The average molecular weight is 272 g/mol. The van der Waals surface area contributed by atoms with Crippen LogP contribution in [0.4, 0.5) is 4.39 Å². The van der Waals surface area contributed by atoms with Crippen LogP contribution in [0.15, 0.2) is 35.5 Å². The van der Waals surface area contributed by atoms with Crippen molar-refractivity contribution in [2.75, 3.05) is 0 Å². The summed E-state index contributed by atoms with van der Waals surface area (Å²) in [6.07, 6.45) is 3.17. The zero-order valence-corrected chi connectivity index (χ0v) is 11.2. The topological polar surface area (TPSA) is 52.7 Å². The highest BCUT2D eigenvalue weighted by Gasteiger charge is 2.08. The van der Waals surface area contributed by atoms with Gasteiger partial charge in [0.05, 0.1) is 30.0 Å². The molecule has 0 spiro atoms. The quantitative estimate of drug-likeness (QED) is 0.712. The number of hydrogen-bond donors (Lipinski definition) is 0. The highest BCUT2D eigenvalue weighted by molar-refractivity contribution is 5.77. The molecule has 2 heterocycles. The van der Waals surface area contributed by atoms with Gasteiger partial charge in [-0.3, -0.25) is 14.0 Å². The molecule has 0 aliphatic carbocycles. The van der Waals surface area contributed by atoms with Crippen molar-refractivity contribution in [1.82, 2.24) is 19.3 Å². The summed E-state index contributed by atoms with van der Waals surface area (Å²) in [6.45, 7) is 2.34. The maximum absolute atomic E-state index is 13.1. The van der Waals surface area contributed by atoms with Crippen molar-refractivity contribution in [2.45, 2.75) is 13.5 Å². The standard InChI is InChI=1S/C14H13FN4O/c1-9-10(6-17-18(9)2)7-19-8-16-13-5-11(15)3-4-12(13)14(19)20/h3-6,8H,7H2,1-2H3. The van der Waals surface area contributed by atoms with Crippen LogP contribution in [0, 0.1) is 12.7 Å². The van der Waals surface area contributed by atoms with Crippen LogP contribution in [0.1, 0.15) is 11.3 Å². The number of aromatic nitrogens is 4. The first-order valence-electron chi connectivity index (χ1n) is 6.18. The van der Waals surface area contributed by atoms with Gasteiger partial charge in [-0.1, -0.05) is 0 Å². The second-order valence-corrected chi connectivity index (χ2v) is 4.72. The Bertz CT molecular complexity index is 850. The maximum atomic E-state index is 13.1. The third kappa shape index (κ3) is 1.99. The monoisotopic (exact) mass is 272 g/mol. The summed E-state index contributed by atoms with van der Waals surface area (Å²) < 4.78 is 16.4. The number of fused-ring (bicyclic) bond motifs is 1. The number of nitrogens with zero attached hydrogens (tertiary/aromatic N) is 4. The first-order chi connectivity index (χ1) is 9.56. The van der Waals surface area contributed by atoms with Crippen molar-refractivity contribution in [3.05, 3.63) is 58.2 Å². The van der Waals surface area contributed by atoms with Crippen molar-refractivity contribution >= 4 is 10.9 Å². The van der Waals surface area contributed by atoms with Gasteiger partial charge in [0.15, 0.2) is 0 Å². The van der Waals surface area contributed by atoms with E-state index in [1.807, 2.05) is 14.0 Å². The molecule has 1 aromatic carbocycles. The van der Waals surface area contributed by atoms with Gasteiger partial charge in [-0.2, -0.15) is 5.10 Å². The van der Waals surface area contributed by atoms with E-state index in [2.05, 4.69) is 10.1 Å². The highest BCUT2D eigenvalue weighted by Crippen LogP contribution is 2.10. The maximum Gasteiger partial charge on any atom is 0.261 e. The van der Waals surface area contributed by atoms with Gasteiger partial charge in [0.25, 0.3) is 5.56 Å². The van der Waals surface area contributed by atoms with Crippen LogP contribution in [0.2, 0.25) is 0 Å². The van der Waals surface area contributed by atoms with Crippen molar-refractivity contribution < 1.29 is 4.39 Å². The van der Waals surface area contributed by atoms with Gasteiger partial charge in [0.1, 0.15) is 5.82 Å². The third-order valence-electron chi connectivity index (χ3n) is 3.46. The minimum Gasteiger partial charge on any atom is -0.294 e. The zero-order valence-electron chi connectivity index (χ0n) is 11.2. The average Bonchev–Trinajstić information content (AvgIpc) is 2.74. The summed E-state index contributed by atoms with van der Waals surface area (Å²) in [7, 11) is 1.85. The Morgan fingerprint density at radius 3 is 2.85 bits per heavy atom. The van der Waals surface area contributed by atoms with E-state index in [1.165, 1.54) is 29.1 Å². The Kier molecular flexibility index (Phi) is 2.85. The lowest BCUT2D eigenvalue weighted by molar-refractivity contribution is 0.629. The van der Waals surface area contributed by atoms with Crippen molar-refractivity contribution in [1.29, 1.82) is 0 Å². The molecule has 0 saturated heterocycles. The SMILES string of the molecule is Cc1c(Cn2cnc3cc(F)ccc3c2=O)cnn1C. The predicted octanol–water partition coefficient (Wildman–Crippen LogP) is 1.63. The van der Waals surface area contributed by atoms with E-state index in [0.717, 1.165) is 11.3 Å². The zero-order chi connectivity index (χ0) is 14.3. The molecule has 0 saturated carbocycles. The van der Waals surface area contributed by atoms with Crippen LogP contribution in [-0.2, 0) is 13.6 Å². The van der Waals surface area contributed by atoms with Gasteiger partial charge >= 0.3 is 0 Å². The number of hydrogen-bond acceptors (Lipinski definition) is 3. The summed E-state index contributed by atoms with van der Waals surface area (Å²) in [4.78, 5) is 16.5. The fraction of sp³-hybridized carbons (Fsp3) is 0.214. The molecule has 0 fully saturated rings. The number of rotatable bonds is 2. The molecule has 0 bridgehead atoms. The van der Waals surface area contributed by atoms with Crippen LogP contribution >= 0.6 is 0 Å². The van der Waals surface area contributed by atoms with Crippen LogP contribution in [0.5, 0.6) is 0 Å². The highest BCUT2D eigenvalue weighted by atomic mass is 19.1. The summed E-state index contributed by atoms with van der Waals surface area (Å²) >= 11 is 0. The van der Waals surface area contributed by atoms with Crippen molar-refractivity contribution in [3.8, 4) is 0 Å². The molecule has 0 unspecified atom stereocenters. The smallest absolute Gasteiger partial charge is 0.261 e. The summed E-state index contributed by atoms with van der Waals surface area (Å²) in [6, 6.07) is 3.99. The lowest BCUT2D eigenvalue weighted by Gasteiger charge is -2.06. The minimum absolute atomic E-state index is 0.182. The molecular formula is C14H13FN4O. The molecule has 0 aliphatic rings. The minimum atomic E-state index is -0.398. The molecule has 102 valence electrons. The molecule has 5 nitrogen and oxygen atoms in total. The molecule has 0 N–H and O–H groups in total. The Morgan fingerprint density at radius 2 is 2.15 bits per heavy atom. The summed E-state index contributed by atoms with van der Waals surface area (Å²) in [5, 5.41) is 4.56. The van der Waals surface area contributed by atoms with E-state index >= 15 is 0 Å². The first-order valence-corrected chi connectivity index (χ1v) is 6.18. The molecule has 3 aromatic rings. The molecule has 2 aromatic heterocycles. The lowest BCUT2D eigenvalue weighted by Crippen LogP contribution is -2.21. The number of benzene rings is 1. The van der Waals surface area contributed by atoms with E-state index in [9.17, 15) is 9.18 Å². The second kappa shape index (κ2) is 4.56. The van der Waals surface area contributed by atoms with Gasteiger partial charge in [-0.25, -0.2) is 9.37 Å². The molecule has 0 radical (unpaired) electrons. The van der Waals surface area contributed by atoms with Gasteiger partial charge < -0.3 is 0 Å². The fourth-order valence-electron chi connectivity index (χ4n) is 2.13. The van der Waals surface area contributed by atoms with Crippen molar-refractivity contribution in [2.24, 2.45) is 7.05 Å². The van der Waals surface area contributed by atoms with Crippen LogP contribution in [-0.4, -0.2) is 19.3 Å². The van der Waals surface area contributed by atoms with Crippen LogP contribution < -0.4 is 5.56 Å². The Hall–Kier alpha value is -2.50. The van der Waals surface area contributed by atoms with Gasteiger partial charge in [0.2, 0.25) is 0 Å². The molecular weight excluding hydrogens is 259 g/mol. The third-order valence-corrected chi connectivity index (χ3v) is 3.46. The number of aryl methyl sites for hydroxylation is 1. The molecule has 3 rings (SSSR count). The van der Waals surface area contributed by atoms with E-state index in [0.29, 0.717) is 17.4 Å². The fourth-order valence-corrected chi connectivity index (χ4v) is 2.13.